The lowest BCUT2D eigenvalue weighted by Crippen LogP contribution is -2.24. The molecule has 12 heteroatoms. The van der Waals surface area contributed by atoms with Crippen molar-refractivity contribution in [2.45, 2.75) is 51.7 Å². The van der Waals surface area contributed by atoms with Gasteiger partial charge in [-0.25, -0.2) is 18.4 Å². The van der Waals surface area contributed by atoms with Gasteiger partial charge >= 0.3 is 17.5 Å². The van der Waals surface area contributed by atoms with Gasteiger partial charge in [0.2, 0.25) is 5.88 Å². The Morgan fingerprint density at radius 1 is 1.03 bits per heavy atom. The molecule has 0 radical (unpaired) electrons. The van der Waals surface area contributed by atoms with Crippen molar-refractivity contribution in [1.29, 1.82) is 0 Å². The zero-order valence-corrected chi connectivity index (χ0v) is 20.9. The lowest BCUT2D eigenvalue weighted by atomic mass is 10.0. The molecule has 0 saturated carbocycles. The van der Waals surface area contributed by atoms with Crippen molar-refractivity contribution in [3.05, 3.63) is 86.3 Å². The van der Waals surface area contributed by atoms with Crippen molar-refractivity contribution in [2.75, 3.05) is 6.61 Å². The predicted molar refractivity (Wildman–Crippen MR) is 132 cm³/mol. The Bertz CT molecular complexity index is 1600. The highest BCUT2D eigenvalue weighted by Crippen LogP contribution is 2.37. The third kappa shape index (κ3) is 5.99. The Morgan fingerprint density at radius 2 is 1.79 bits per heavy atom. The van der Waals surface area contributed by atoms with Crippen LogP contribution in [-0.4, -0.2) is 20.8 Å². The van der Waals surface area contributed by atoms with Crippen LogP contribution in [0.25, 0.3) is 16.7 Å². The molecule has 0 aliphatic rings. The Kier molecular flexibility index (Phi) is 8.12. The summed E-state index contributed by atoms with van der Waals surface area (Å²) in [7, 11) is 0. The van der Waals surface area contributed by atoms with Crippen LogP contribution < -0.4 is 16.1 Å². The third-order valence-corrected chi connectivity index (χ3v) is 6.19. The average Bonchev–Trinajstić information content (AvgIpc) is 3.15. The summed E-state index contributed by atoms with van der Waals surface area (Å²) in [5.74, 6) is -1.64. The van der Waals surface area contributed by atoms with E-state index < -0.39 is 40.6 Å². The van der Waals surface area contributed by atoms with Gasteiger partial charge in [-0.05, 0) is 49.9 Å². The largest absolute Gasteiger partial charge is 0.493 e. The number of fused-ring (bicyclic) bond motifs is 1. The number of hydrogen-bond donors (Lipinski definition) is 1. The highest BCUT2D eigenvalue weighted by atomic mass is 19.4. The van der Waals surface area contributed by atoms with Gasteiger partial charge in [0, 0.05) is 29.6 Å². The van der Waals surface area contributed by atoms with Crippen LogP contribution in [-0.2, 0) is 19.1 Å². The second kappa shape index (κ2) is 11.3. The molecule has 2 aromatic carbocycles. The molecule has 0 fully saturated rings. The van der Waals surface area contributed by atoms with E-state index in [1.807, 2.05) is 6.92 Å². The number of benzene rings is 2. The number of halogens is 5. The van der Waals surface area contributed by atoms with Crippen LogP contribution >= 0.6 is 0 Å². The average molecular weight is 552 g/mol. The molecule has 2 heterocycles. The van der Waals surface area contributed by atoms with E-state index in [1.54, 1.807) is 0 Å². The number of aromatic nitrogens is 2. The smallest absolute Gasteiger partial charge is 0.417 e. The van der Waals surface area contributed by atoms with Crippen molar-refractivity contribution in [1.82, 2.24) is 9.13 Å². The van der Waals surface area contributed by atoms with Gasteiger partial charge in [-0.1, -0.05) is 13.3 Å². The first kappa shape index (κ1) is 27.9. The number of ether oxygens (including phenoxy) is 1. The molecule has 1 N–H and O–H groups in total. The fourth-order valence-electron chi connectivity index (χ4n) is 4.37. The molecule has 0 atom stereocenters. The van der Waals surface area contributed by atoms with Crippen molar-refractivity contribution in [3.8, 4) is 17.3 Å². The minimum absolute atomic E-state index is 0.108. The zero-order chi connectivity index (χ0) is 28.3. The van der Waals surface area contributed by atoms with E-state index in [9.17, 15) is 36.6 Å². The summed E-state index contributed by atoms with van der Waals surface area (Å²) in [6.07, 6.45) is -1.30. The van der Waals surface area contributed by atoms with Gasteiger partial charge in [0.25, 0.3) is 0 Å². The molecule has 0 amide bonds. The summed E-state index contributed by atoms with van der Waals surface area (Å²) < 4.78 is 80.7. The van der Waals surface area contributed by atoms with E-state index in [-0.39, 0.29) is 29.8 Å². The number of aryl methyl sites for hydroxylation is 1. The summed E-state index contributed by atoms with van der Waals surface area (Å²) in [5.41, 5.74) is -2.99. The third-order valence-electron chi connectivity index (χ3n) is 6.19. The van der Waals surface area contributed by atoms with Crippen LogP contribution in [0.1, 0.15) is 43.7 Å². The normalized spacial score (nSPS) is 11.8. The van der Waals surface area contributed by atoms with Crippen molar-refractivity contribution in [2.24, 2.45) is 0 Å². The number of unbranched alkanes of at least 4 members (excludes halogenated alkanes) is 2. The summed E-state index contributed by atoms with van der Waals surface area (Å²) in [6.45, 7) is 2.14. The summed E-state index contributed by atoms with van der Waals surface area (Å²) >= 11 is 0. The molecule has 0 unspecified atom stereocenters. The van der Waals surface area contributed by atoms with Crippen molar-refractivity contribution in [3.63, 3.8) is 0 Å². The van der Waals surface area contributed by atoms with Crippen LogP contribution in [0.15, 0.2) is 56.6 Å². The zero-order valence-electron chi connectivity index (χ0n) is 20.9. The number of aromatic hydroxyl groups is 1. The second-order valence-corrected chi connectivity index (χ2v) is 8.94. The minimum atomic E-state index is -4.72. The lowest BCUT2D eigenvalue weighted by Gasteiger charge is -2.15. The standard InChI is InChI=1S/C27H25F5N2O5/c1-2-6-18-22(10-8-17-19(27(30,31)32)14-24(36)39-25(17)18)38-12-5-3-4-11-33-23(35)15-34(26(33)37)21-13-16(28)7-9-20(21)29/h7-10,13-15,35H,2-6,11-12H2,1H3. The monoisotopic (exact) mass is 552 g/mol. The second-order valence-electron chi connectivity index (χ2n) is 8.94. The van der Waals surface area contributed by atoms with Gasteiger partial charge in [0.05, 0.1) is 24.1 Å². The number of nitrogens with zero attached hydrogens (tertiary/aromatic N) is 2. The number of rotatable bonds is 10. The first-order valence-corrected chi connectivity index (χ1v) is 12.3. The van der Waals surface area contributed by atoms with E-state index in [0.29, 0.717) is 49.5 Å². The Labute approximate surface area is 218 Å². The van der Waals surface area contributed by atoms with Gasteiger partial charge in [-0.2, -0.15) is 13.2 Å². The van der Waals surface area contributed by atoms with Crippen LogP contribution in [0.5, 0.6) is 11.6 Å². The molecular formula is C27H25F5N2O5. The van der Waals surface area contributed by atoms with E-state index in [2.05, 4.69) is 0 Å². The van der Waals surface area contributed by atoms with E-state index in [1.165, 1.54) is 12.1 Å². The first-order valence-electron chi connectivity index (χ1n) is 12.3. The molecule has 7 nitrogen and oxygen atoms in total. The van der Waals surface area contributed by atoms with Crippen molar-refractivity contribution < 1.29 is 36.2 Å². The number of hydrogen-bond acceptors (Lipinski definition) is 5. The predicted octanol–water partition coefficient (Wildman–Crippen LogP) is 5.95. The van der Waals surface area contributed by atoms with Crippen LogP contribution in [0.3, 0.4) is 0 Å². The molecule has 0 aliphatic carbocycles. The molecule has 4 aromatic rings. The quantitative estimate of drug-likeness (QED) is 0.149. The van der Waals surface area contributed by atoms with Gasteiger partial charge in [-0.15, -0.1) is 0 Å². The maximum Gasteiger partial charge on any atom is 0.417 e. The Morgan fingerprint density at radius 3 is 2.51 bits per heavy atom. The Hall–Kier alpha value is -4.09. The molecule has 0 aliphatic heterocycles. The summed E-state index contributed by atoms with van der Waals surface area (Å²) in [5, 5.41) is 9.93. The molecule has 4 rings (SSSR count). The van der Waals surface area contributed by atoms with Crippen LogP contribution in [0.4, 0.5) is 22.0 Å². The molecule has 0 saturated heterocycles. The van der Waals surface area contributed by atoms with Crippen LogP contribution in [0.2, 0.25) is 0 Å². The SMILES string of the molecule is CCCc1c(OCCCCCn2c(O)cn(-c3cc(F)ccc3F)c2=O)ccc2c(C(F)(F)F)cc(=O)oc12. The van der Waals surface area contributed by atoms with Crippen LogP contribution in [0, 0.1) is 11.6 Å². The van der Waals surface area contributed by atoms with E-state index in [4.69, 9.17) is 9.15 Å². The minimum Gasteiger partial charge on any atom is -0.493 e. The van der Waals surface area contributed by atoms with Gasteiger partial charge in [0.15, 0.2) is 0 Å². The van der Waals surface area contributed by atoms with Gasteiger partial charge in [0.1, 0.15) is 23.0 Å². The van der Waals surface area contributed by atoms with Crippen molar-refractivity contribution >= 4 is 11.0 Å². The molecule has 39 heavy (non-hydrogen) atoms. The van der Waals surface area contributed by atoms with E-state index in [0.717, 1.165) is 33.5 Å². The highest BCUT2D eigenvalue weighted by Gasteiger charge is 2.34. The molecule has 0 spiro atoms. The fraction of sp³-hybridized carbons (Fsp3) is 0.333. The molecule has 2 aromatic heterocycles. The maximum absolute atomic E-state index is 14.1. The lowest BCUT2D eigenvalue weighted by molar-refractivity contribution is -0.136. The maximum atomic E-state index is 14.1. The molecule has 0 bridgehead atoms. The number of alkyl halides is 3. The van der Waals surface area contributed by atoms with E-state index >= 15 is 0 Å². The first-order chi connectivity index (χ1) is 18.5. The fourth-order valence-corrected chi connectivity index (χ4v) is 4.37. The number of imidazole rings is 1. The summed E-state index contributed by atoms with van der Waals surface area (Å²) in [4.78, 5) is 24.5. The summed E-state index contributed by atoms with van der Waals surface area (Å²) in [6, 6.07) is 5.74. The Balaban J connectivity index is 1.41. The van der Waals surface area contributed by atoms with Gasteiger partial charge in [-0.3, -0.25) is 9.13 Å². The topological polar surface area (TPSA) is 86.6 Å². The van der Waals surface area contributed by atoms with Gasteiger partial charge < -0.3 is 14.3 Å². The molecular weight excluding hydrogens is 527 g/mol. The molecule has 208 valence electrons. The highest BCUT2D eigenvalue weighted by molar-refractivity contribution is 5.85.